The van der Waals surface area contributed by atoms with Gasteiger partial charge in [-0.1, -0.05) is 0 Å². The zero-order chi connectivity index (χ0) is 15.9. The molecule has 4 nitrogen and oxygen atoms in total. The third-order valence-electron chi connectivity index (χ3n) is 2.71. The first kappa shape index (κ1) is 16.9. The number of alkyl halides is 6. The first-order chi connectivity index (χ1) is 8.84. The highest BCUT2D eigenvalue weighted by molar-refractivity contribution is 8.00. The second-order valence-corrected chi connectivity index (χ2v) is 5.31. The largest absolute Gasteiger partial charge is 0.430 e. The van der Waals surface area contributed by atoms with Crippen LogP contribution in [0.5, 0.6) is 0 Å². The Bertz CT molecular complexity index is 408. The van der Waals surface area contributed by atoms with E-state index in [1.807, 2.05) is 5.32 Å². The maximum Gasteiger partial charge on any atom is 0.430 e. The molecule has 0 aromatic heterocycles. The lowest BCUT2D eigenvalue weighted by atomic mass is 10.1. The first-order valence-corrected chi connectivity index (χ1v) is 6.15. The quantitative estimate of drug-likeness (QED) is 0.744. The molecule has 1 rings (SSSR count). The molecule has 20 heavy (non-hydrogen) atoms. The van der Waals surface area contributed by atoms with Gasteiger partial charge in [0.05, 0.1) is 0 Å². The molecule has 0 aliphatic carbocycles. The van der Waals surface area contributed by atoms with Crippen molar-refractivity contribution in [3.8, 4) is 0 Å². The average molecular weight is 324 g/mol. The minimum absolute atomic E-state index is 0.401. The molecule has 1 heterocycles. The normalized spacial score (nSPS) is 23.7. The van der Waals surface area contributed by atoms with Crippen LogP contribution in [0.3, 0.4) is 0 Å². The molecular weight excluding hydrogens is 314 g/mol. The molecule has 2 amide bonds. The molecule has 1 atom stereocenters. The standard InChI is InChI=1S/C9H10F6N2O2S/c1-4(18)16-5-3-20-7(8(10,11)12,9(13,14)15)17(2)6(5)19/h5H,3H2,1-2H3,(H,16,18). The van der Waals surface area contributed by atoms with E-state index in [0.29, 0.717) is 7.05 Å². The number of amides is 2. The number of hydrogen-bond acceptors (Lipinski definition) is 3. The highest BCUT2D eigenvalue weighted by Crippen LogP contribution is 2.55. The molecule has 1 saturated heterocycles. The summed E-state index contributed by atoms with van der Waals surface area (Å²) in [5.74, 6) is -2.97. The van der Waals surface area contributed by atoms with Gasteiger partial charge >= 0.3 is 12.4 Å². The Morgan fingerprint density at radius 1 is 1.30 bits per heavy atom. The molecule has 0 saturated carbocycles. The molecule has 0 aromatic rings. The third-order valence-corrected chi connectivity index (χ3v) is 4.36. The van der Waals surface area contributed by atoms with E-state index in [2.05, 4.69) is 0 Å². The smallest absolute Gasteiger partial charge is 0.344 e. The van der Waals surface area contributed by atoms with Crippen molar-refractivity contribution >= 4 is 23.6 Å². The van der Waals surface area contributed by atoms with Gasteiger partial charge in [-0.2, -0.15) is 26.3 Å². The summed E-state index contributed by atoms with van der Waals surface area (Å²) in [6.07, 6.45) is -11.4. The lowest BCUT2D eigenvalue weighted by Crippen LogP contribution is -2.71. The Kier molecular flexibility index (Phi) is 4.24. The van der Waals surface area contributed by atoms with Crippen LogP contribution in [0.2, 0.25) is 0 Å². The number of carbonyl (C=O) groups excluding carboxylic acids is 2. The Hall–Kier alpha value is -1.13. The average Bonchev–Trinajstić information content (AvgIpc) is 2.20. The highest BCUT2D eigenvalue weighted by atomic mass is 32.2. The van der Waals surface area contributed by atoms with Crippen molar-refractivity contribution in [2.75, 3.05) is 12.8 Å². The number of halogens is 6. The number of carbonyl (C=O) groups is 2. The number of thioether (sulfide) groups is 1. The monoisotopic (exact) mass is 324 g/mol. The second-order valence-electron chi connectivity index (χ2n) is 4.10. The minimum atomic E-state index is -5.69. The maximum atomic E-state index is 12.9. The van der Waals surface area contributed by atoms with Crippen molar-refractivity contribution in [2.45, 2.75) is 30.2 Å². The van der Waals surface area contributed by atoms with Crippen LogP contribution in [0, 0.1) is 0 Å². The van der Waals surface area contributed by atoms with E-state index in [1.165, 1.54) is 0 Å². The summed E-state index contributed by atoms with van der Waals surface area (Å²) in [6, 6.07) is -1.42. The van der Waals surface area contributed by atoms with Gasteiger partial charge in [-0.05, 0) is 0 Å². The third kappa shape index (κ3) is 2.54. The number of hydrogen-bond donors (Lipinski definition) is 1. The van der Waals surface area contributed by atoms with Gasteiger partial charge in [-0.25, -0.2) is 0 Å². The predicted octanol–water partition coefficient (Wildman–Crippen LogP) is 1.52. The van der Waals surface area contributed by atoms with Crippen LogP contribution < -0.4 is 5.32 Å². The molecule has 116 valence electrons. The first-order valence-electron chi connectivity index (χ1n) is 5.16. The molecule has 1 aliphatic heterocycles. The number of rotatable bonds is 1. The Morgan fingerprint density at radius 2 is 1.75 bits per heavy atom. The van der Waals surface area contributed by atoms with Crippen LogP contribution in [0.25, 0.3) is 0 Å². The summed E-state index contributed by atoms with van der Waals surface area (Å²) in [6.45, 7) is 1.01. The van der Waals surface area contributed by atoms with E-state index >= 15 is 0 Å². The van der Waals surface area contributed by atoms with Gasteiger partial charge in [0.25, 0.3) is 4.87 Å². The summed E-state index contributed by atoms with van der Waals surface area (Å²) in [5, 5.41) is 2.02. The molecule has 11 heteroatoms. The maximum absolute atomic E-state index is 12.9. The zero-order valence-corrected chi connectivity index (χ0v) is 11.0. The fraction of sp³-hybridized carbons (Fsp3) is 0.778. The van der Waals surface area contributed by atoms with E-state index in [-0.39, 0.29) is 0 Å². The van der Waals surface area contributed by atoms with Crippen molar-refractivity contribution < 1.29 is 35.9 Å². The Balaban J connectivity index is 3.21. The van der Waals surface area contributed by atoms with Gasteiger partial charge in [-0.3, -0.25) is 9.59 Å². The van der Waals surface area contributed by atoms with Gasteiger partial charge in [-0.15, -0.1) is 11.8 Å². The molecule has 1 unspecified atom stereocenters. The van der Waals surface area contributed by atoms with Crippen molar-refractivity contribution in [3.05, 3.63) is 0 Å². The molecule has 0 aromatic carbocycles. The Morgan fingerprint density at radius 3 is 2.10 bits per heavy atom. The number of nitrogens with one attached hydrogen (secondary N) is 1. The zero-order valence-electron chi connectivity index (χ0n) is 10.2. The Labute approximate surface area is 113 Å². The molecule has 0 radical (unpaired) electrons. The van der Waals surface area contributed by atoms with Crippen LogP contribution in [-0.2, 0) is 9.59 Å². The van der Waals surface area contributed by atoms with Gasteiger partial charge in [0, 0.05) is 19.7 Å². The van der Waals surface area contributed by atoms with E-state index in [9.17, 15) is 35.9 Å². The van der Waals surface area contributed by atoms with Crippen LogP contribution in [0.15, 0.2) is 0 Å². The van der Waals surface area contributed by atoms with Crippen molar-refractivity contribution in [1.82, 2.24) is 10.2 Å². The highest BCUT2D eigenvalue weighted by Gasteiger charge is 2.76. The van der Waals surface area contributed by atoms with E-state index in [0.717, 1.165) is 6.92 Å². The lowest BCUT2D eigenvalue weighted by Gasteiger charge is -2.47. The summed E-state index contributed by atoms with van der Waals surface area (Å²) in [4.78, 5) is 17.8. The van der Waals surface area contributed by atoms with Crippen molar-refractivity contribution in [2.24, 2.45) is 0 Å². The number of nitrogens with zero attached hydrogens (tertiary/aromatic N) is 1. The molecule has 0 bridgehead atoms. The van der Waals surface area contributed by atoms with E-state index < -0.39 is 57.5 Å². The molecule has 1 fully saturated rings. The van der Waals surface area contributed by atoms with E-state index in [1.54, 1.807) is 0 Å². The molecule has 1 N–H and O–H groups in total. The van der Waals surface area contributed by atoms with Gasteiger partial charge in [0.15, 0.2) is 0 Å². The summed E-state index contributed by atoms with van der Waals surface area (Å²) >= 11 is -0.473. The molecular formula is C9H10F6N2O2S. The summed E-state index contributed by atoms with van der Waals surface area (Å²) in [5.41, 5.74) is 0. The predicted molar refractivity (Wildman–Crippen MR) is 57.7 cm³/mol. The minimum Gasteiger partial charge on any atom is -0.344 e. The van der Waals surface area contributed by atoms with Crippen molar-refractivity contribution in [3.63, 3.8) is 0 Å². The summed E-state index contributed by atoms with van der Waals surface area (Å²) < 4.78 is 77.3. The van der Waals surface area contributed by atoms with Gasteiger partial charge in [0.2, 0.25) is 11.8 Å². The van der Waals surface area contributed by atoms with Crippen LogP contribution in [-0.4, -0.2) is 52.8 Å². The van der Waals surface area contributed by atoms with Crippen LogP contribution in [0.4, 0.5) is 26.3 Å². The SMILES string of the molecule is CC(=O)NC1CSC(C(F)(F)F)(C(F)(F)F)N(C)C1=O. The lowest BCUT2D eigenvalue weighted by molar-refractivity contribution is -0.298. The van der Waals surface area contributed by atoms with Crippen LogP contribution >= 0.6 is 11.8 Å². The van der Waals surface area contributed by atoms with Crippen molar-refractivity contribution in [1.29, 1.82) is 0 Å². The summed E-state index contributed by atoms with van der Waals surface area (Å²) in [7, 11) is 0.421. The van der Waals surface area contributed by atoms with Crippen LogP contribution in [0.1, 0.15) is 6.92 Å². The molecule has 1 aliphatic rings. The fourth-order valence-electron chi connectivity index (χ4n) is 1.81. The topological polar surface area (TPSA) is 49.4 Å². The molecule has 0 spiro atoms. The number of likely N-dealkylation sites (N-methyl/N-ethyl adjacent to an activating group) is 1. The second kappa shape index (κ2) is 5.01. The van der Waals surface area contributed by atoms with Gasteiger partial charge in [0.1, 0.15) is 6.04 Å². The fourth-order valence-corrected chi connectivity index (χ4v) is 3.06. The van der Waals surface area contributed by atoms with E-state index in [4.69, 9.17) is 0 Å². The van der Waals surface area contributed by atoms with Gasteiger partial charge < -0.3 is 10.2 Å².